The van der Waals surface area contributed by atoms with Gasteiger partial charge in [0.2, 0.25) is 11.9 Å². The van der Waals surface area contributed by atoms with Gasteiger partial charge in [0.25, 0.3) is 0 Å². The average molecular weight is 413 g/mol. The maximum Gasteiger partial charge on any atom is 0.224 e. The Morgan fingerprint density at radius 3 is 2.93 bits per heavy atom. The minimum Gasteiger partial charge on any atom is -0.497 e. The molecule has 0 radical (unpaired) electrons. The molecule has 1 aliphatic heterocycles. The standard InChI is InChI=1S/C22H25ClN4O2/c1-29-18-8-9-19-20(13-18)26-22(25-19)27-12-2-3-16(14-27)21(28)24-11-10-15-4-6-17(23)7-5-15/h4-9,13,16H,2-3,10-12,14H2,1H3,(H,24,28)(H,25,26)/t16-/m0/s1. The molecule has 0 unspecified atom stereocenters. The van der Waals surface area contributed by atoms with Crippen molar-refractivity contribution < 1.29 is 9.53 Å². The lowest BCUT2D eigenvalue weighted by Crippen LogP contribution is -2.43. The predicted octanol–water partition coefficient (Wildman–Crippen LogP) is 3.80. The summed E-state index contributed by atoms with van der Waals surface area (Å²) in [6, 6.07) is 13.5. The van der Waals surface area contributed by atoms with E-state index in [2.05, 4.69) is 20.2 Å². The Hall–Kier alpha value is -2.73. The minimum atomic E-state index is -0.0308. The summed E-state index contributed by atoms with van der Waals surface area (Å²) in [5, 5.41) is 3.81. The quantitative estimate of drug-likeness (QED) is 0.646. The normalized spacial score (nSPS) is 16.8. The Morgan fingerprint density at radius 2 is 2.14 bits per heavy atom. The van der Waals surface area contributed by atoms with Crippen molar-refractivity contribution in [2.24, 2.45) is 5.92 Å². The van der Waals surface area contributed by atoms with Gasteiger partial charge in [0.15, 0.2) is 0 Å². The predicted molar refractivity (Wildman–Crippen MR) is 116 cm³/mol. The molecule has 0 saturated carbocycles. The molecule has 2 N–H and O–H groups in total. The first-order chi connectivity index (χ1) is 14.1. The Morgan fingerprint density at radius 1 is 1.31 bits per heavy atom. The summed E-state index contributed by atoms with van der Waals surface area (Å²) in [5.74, 6) is 1.69. The van der Waals surface area contributed by atoms with E-state index >= 15 is 0 Å². The number of nitrogens with zero attached hydrogens (tertiary/aromatic N) is 2. The highest BCUT2D eigenvalue weighted by atomic mass is 35.5. The Kier molecular flexibility index (Phi) is 5.90. The van der Waals surface area contributed by atoms with Crippen molar-refractivity contribution >= 4 is 34.5 Å². The van der Waals surface area contributed by atoms with E-state index in [0.29, 0.717) is 13.1 Å². The van der Waals surface area contributed by atoms with E-state index in [9.17, 15) is 4.79 Å². The van der Waals surface area contributed by atoms with Gasteiger partial charge in [-0.2, -0.15) is 0 Å². The van der Waals surface area contributed by atoms with Crippen molar-refractivity contribution in [2.45, 2.75) is 19.3 Å². The zero-order valence-electron chi connectivity index (χ0n) is 16.5. The van der Waals surface area contributed by atoms with Crippen molar-refractivity contribution in [1.82, 2.24) is 15.3 Å². The number of hydrogen-bond donors (Lipinski definition) is 2. The molecular weight excluding hydrogens is 388 g/mol. The summed E-state index contributed by atoms with van der Waals surface area (Å²) in [4.78, 5) is 22.9. The molecule has 0 spiro atoms. The minimum absolute atomic E-state index is 0.0308. The fraction of sp³-hybridized carbons (Fsp3) is 0.364. The third-order valence-electron chi connectivity index (χ3n) is 5.39. The van der Waals surface area contributed by atoms with Gasteiger partial charge in [-0.05, 0) is 49.1 Å². The van der Waals surface area contributed by atoms with E-state index in [4.69, 9.17) is 16.3 Å². The molecular formula is C22H25ClN4O2. The molecule has 1 saturated heterocycles. The highest BCUT2D eigenvalue weighted by Crippen LogP contribution is 2.25. The molecule has 29 heavy (non-hydrogen) atoms. The number of H-pyrrole nitrogens is 1. The second-order valence-electron chi connectivity index (χ2n) is 7.40. The van der Waals surface area contributed by atoms with Gasteiger partial charge in [-0.3, -0.25) is 4.79 Å². The largest absolute Gasteiger partial charge is 0.497 e. The smallest absolute Gasteiger partial charge is 0.224 e. The zero-order valence-corrected chi connectivity index (χ0v) is 17.2. The van der Waals surface area contributed by atoms with E-state index in [0.717, 1.165) is 59.1 Å². The van der Waals surface area contributed by atoms with Crippen LogP contribution in [0.15, 0.2) is 42.5 Å². The summed E-state index contributed by atoms with van der Waals surface area (Å²) in [7, 11) is 1.65. The molecule has 6 nitrogen and oxygen atoms in total. The number of methoxy groups -OCH3 is 1. The molecule has 0 aliphatic carbocycles. The number of carbonyl (C=O) groups excluding carboxylic acids is 1. The van der Waals surface area contributed by atoms with Crippen LogP contribution in [0.4, 0.5) is 5.95 Å². The third-order valence-corrected chi connectivity index (χ3v) is 5.65. The molecule has 0 bridgehead atoms. The van der Waals surface area contributed by atoms with E-state index in [1.165, 1.54) is 0 Å². The molecule has 1 fully saturated rings. The number of halogens is 1. The SMILES string of the molecule is COc1ccc2nc(N3CCC[C@H](C(=O)NCCc4ccc(Cl)cc4)C3)[nH]c2c1. The van der Waals surface area contributed by atoms with E-state index in [1.54, 1.807) is 7.11 Å². The van der Waals surface area contributed by atoms with Crippen LogP contribution in [0.25, 0.3) is 11.0 Å². The fourth-order valence-electron chi connectivity index (χ4n) is 3.76. The van der Waals surface area contributed by atoms with Crippen LogP contribution in [-0.2, 0) is 11.2 Å². The Bertz CT molecular complexity index is 986. The van der Waals surface area contributed by atoms with Gasteiger partial charge >= 0.3 is 0 Å². The summed E-state index contributed by atoms with van der Waals surface area (Å²) < 4.78 is 5.28. The first kappa shape index (κ1) is 19.6. The van der Waals surface area contributed by atoms with Crippen molar-refractivity contribution in [1.29, 1.82) is 0 Å². The van der Waals surface area contributed by atoms with Crippen molar-refractivity contribution in [3.63, 3.8) is 0 Å². The fourth-order valence-corrected chi connectivity index (χ4v) is 3.89. The number of nitrogens with one attached hydrogen (secondary N) is 2. The van der Waals surface area contributed by atoms with Gasteiger partial charge in [-0.25, -0.2) is 4.98 Å². The van der Waals surface area contributed by atoms with Crippen LogP contribution in [0.1, 0.15) is 18.4 Å². The molecule has 3 aromatic rings. The number of benzene rings is 2. The van der Waals surface area contributed by atoms with Crippen LogP contribution in [0.3, 0.4) is 0 Å². The molecule has 1 aromatic heterocycles. The molecule has 152 valence electrons. The van der Waals surface area contributed by atoms with Crippen molar-refractivity contribution in [3.8, 4) is 5.75 Å². The molecule has 4 rings (SSSR count). The third kappa shape index (κ3) is 4.65. The van der Waals surface area contributed by atoms with Gasteiger partial charge in [0, 0.05) is 30.7 Å². The first-order valence-corrected chi connectivity index (χ1v) is 10.3. The second-order valence-corrected chi connectivity index (χ2v) is 7.83. The molecule has 1 amide bonds. The maximum absolute atomic E-state index is 12.7. The summed E-state index contributed by atoms with van der Waals surface area (Å²) in [5.41, 5.74) is 3.00. The van der Waals surface area contributed by atoms with Gasteiger partial charge < -0.3 is 19.9 Å². The Labute approximate surface area is 175 Å². The number of piperidine rings is 1. The lowest BCUT2D eigenvalue weighted by Gasteiger charge is -2.31. The monoisotopic (exact) mass is 412 g/mol. The number of aromatic nitrogens is 2. The van der Waals surface area contributed by atoms with Gasteiger partial charge in [0.1, 0.15) is 5.75 Å². The van der Waals surface area contributed by atoms with Crippen molar-refractivity contribution in [2.75, 3.05) is 31.6 Å². The van der Waals surface area contributed by atoms with Crippen LogP contribution in [-0.4, -0.2) is 42.6 Å². The number of anilines is 1. The van der Waals surface area contributed by atoms with Crippen LogP contribution in [0.2, 0.25) is 5.02 Å². The number of hydrogen-bond acceptors (Lipinski definition) is 4. The van der Waals surface area contributed by atoms with Crippen molar-refractivity contribution in [3.05, 3.63) is 53.1 Å². The Balaban J connectivity index is 1.35. The second kappa shape index (κ2) is 8.74. The first-order valence-electron chi connectivity index (χ1n) is 9.93. The number of imidazole rings is 1. The molecule has 7 heteroatoms. The summed E-state index contributed by atoms with van der Waals surface area (Å²) in [6.07, 6.45) is 2.66. The maximum atomic E-state index is 12.7. The van der Waals surface area contributed by atoms with Crippen LogP contribution < -0.4 is 15.0 Å². The lowest BCUT2D eigenvalue weighted by molar-refractivity contribution is -0.125. The van der Waals surface area contributed by atoms with Crippen LogP contribution in [0.5, 0.6) is 5.75 Å². The number of aromatic amines is 1. The average Bonchev–Trinajstić information content (AvgIpc) is 3.18. The highest BCUT2D eigenvalue weighted by molar-refractivity contribution is 6.30. The number of amides is 1. The van der Waals surface area contributed by atoms with Crippen LogP contribution in [0, 0.1) is 5.92 Å². The number of fused-ring (bicyclic) bond motifs is 1. The molecule has 1 aliphatic rings. The molecule has 2 aromatic carbocycles. The topological polar surface area (TPSA) is 70.2 Å². The van der Waals surface area contributed by atoms with Gasteiger partial charge in [-0.15, -0.1) is 0 Å². The lowest BCUT2D eigenvalue weighted by atomic mass is 9.97. The highest BCUT2D eigenvalue weighted by Gasteiger charge is 2.27. The summed E-state index contributed by atoms with van der Waals surface area (Å²) >= 11 is 5.91. The summed E-state index contributed by atoms with van der Waals surface area (Å²) in [6.45, 7) is 2.19. The zero-order chi connectivity index (χ0) is 20.2. The van der Waals surface area contributed by atoms with E-state index < -0.39 is 0 Å². The van der Waals surface area contributed by atoms with Crippen LogP contribution >= 0.6 is 11.6 Å². The molecule has 2 heterocycles. The van der Waals surface area contributed by atoms with E-state index in [-0.39, 0.29) is 11.8 Å². The van der Waals surface area contributed by atoms with E-state index in [1.807, 2.05) is 42.5 Å². The van der Waals surface area contributed by atoms with Gasteiger partial charge in [0.05, 0.1) is 24.1 Å². The van der Waals surface area contributed by atoms with Gasteiger partial charge in [-0.1, -0.05) is 23.7 Å². The number of carbonyl (C=O) groups is 1. The number of rotatable bonds is 6. The number of ether oxygens (including phenoxy) is 1. The molecule has 1 atom stereocenters.